The highest BCUT2D eigenvalue weighted by atomic mass is 16.2. The van der Waals surface area contributed by atoms with Crippen LogP contribution in [-0.2, 0) is 17.8 Å². The van der Waals surface area contributed by atoms with Crippen LogP contribution in [0.3, 0.4) is 0 Å². The summed E-state index contributed by atoms with van der Waals surface area (Å²) < 4.78 is 0. The molecule has 0 bridgehead atoms. The number of carbonyl (C=O) groups is 2. The van der Waals surface area contributed by atoms with Gasteiger partial charge in [-0.1, -0.05) is 42.0 Å². The van der Waals surface area contributed by atoms with Gasteiger partial charge in [0.05, 0.1) is 0 Å². The predicted molar refractivity (Wildman–Crippen MR) is 88.9 cm³/mol. The monoisotopic (exact) mass is 309 g/mol. The Morgan fingerprint density at radius 2 is 1.74 bits per heavy atom. The van der Waals surface area contributed by atoms with Crippen molar-refractivity contribution in [1.29, 1.82) is 0 Å². The Balaban J connectivity index is 1.83. The highest BCUT2D eigenvalue weighted by molar-refractivity contribution is 5.93. The van der Waals surface area contributed by atoms with Crippen LogP contribution in [-0.4, -0.2) is 22.9 Å². The summed E-state index contributed by atoms with van der Waals surface area (Å²) in [7, 11) is 0. The van der Waals surface area contributed by atoms with Crippen molar-refractivity contribution in [3.8, 4) is 0 Å². The third kappa shape index (κ3) is 3.18. The number of hydrogen-bond donors (Lipinski definition) is 2. The Hall–Kier alpha value is -2.82. The third-order valence-electron chi connectivity index (χ3n) is 4.14. The van der Waals surface area contributed by atoms with Crippen molar-refractivity contribution in [2.24, 2.45) is 5.73 Å². The van der Waals surface area contributed by atoms with Gasteiger partial charge in [0.1, 0.15) is 6.04 Å². The minimum atomic E-state index is -0.629. The Kier molecular flexibility index (Phi) is 4.02. The lowest BCUT2D eigenvalue weighted by molar-refractivity contribution is -0.122. The molecule has 3 rings (SSSR count). The number of fused-ring (bicyclic) bond motifs is 1. The lowest BCUT2D eigenvalue weighted by Crippen LogP contribution is -2.52. The van der Waals surface area contributed by atoms with Crippen LogP contribution in [0.25, 0.3) is 0 Å². The topological polar surface area (TPSA) is 75.4 Å². The number of nitrogens with one attached hydrogen (secondary N) is 1. The van der Waals surface area contributed by atoms with Crippen LogP contribution in [0.15, 0.2) is 48.5 Å². The van der Waals surface area contributed by atoms with Crippen LogP contribution < -0.4 is 11.1 Å². The van der Waals surface area contributed by atoms with E-state index >= 15 is 0 Å². The summed E-state index contributed by atoms with van der Waals surface area (Å²) in [4.78, 5) is 25.9. The molecule has 0 spiro atoms. The van der Waals surface area contributed by atoms with Crippen LogP contribution in [0, 0.1) is 6.92 Å². The second-order valence-corrected chi connectivity index (χ2v) is 5.82. The standard InChI is InChI=1S/C18H19N3O2/c1-12-6-8-15(9-7-12)20-18(23)21-11-14-5-3-2-4-13(14)10-16(21)17(19)22/h2-9,16H,10-11H2,1H3,(H2,19,22)(H,20,23)/t16-/m0/s1. The smallest absolute Gasteiger partial charge is 0.322 e. The zero-order chi connectivity index (χ0) is 16.4. The predicted octanol–water partition coefficient (Wildman–Crippen LogP) is 2.44. The lowest BCUT2D eigenvalue weighted by Gasteiger charge is -2.35. The molecule has 1 aliphatic rings. The van der Waals surface area contributed by atoms with Crippen molar-refractivity contribution in [3.05, 3.63) is 65.2 Å². The maximum Gasteiger partial charge on any atom is 0.322 e. The number of carbonyl (C=O) groups excluding carboxylic acids is 2. The molecule has 0 unspecified atom stereocenters. The average molecular weight is 309 g/mol. The van der Waals surface area contributed by atoms with Gasteiger partial charge in [0.2, 0.25) is 5.91 Å². The molecule has 1 aliphatic heterocycles. The fraction of sp³-hybridized carbons (Fsp3) is 0.222. The first-order valence-electron chi connectivity index (χ1n) is 7.55. The summed E-state index contributed by atoms with van der Waals surface area (Å²) in [5.41, 5.74) is 9.43. The third-order valence-corrected chi connectivity index (χ3v) is 4.14. The number of primary amides is 1. The van der Waals surface area contributed by atoms with E-state index in [1.807, 2.05) is 55.5 Å². The summed E-state index contributed by atoms with van der Waals surface area (Å²) in [6, 6.07) is 14.4. The van der Waals surface area contributed by atoms with E-state index in [9.17, 15) is 9.59 Å². The second-order valence-electron chi connectivity index (χ2n) is 5.82. The molecule has 1 atom stereocenters. The Morgan fingerprint density at radius 1 is 1.09 bits per heavy atom. The maximum atomic E-state index is 12.6. The molecule has 3 amide bonds. The quantitative estimate of drug-likeness (QED) is 0.894. The first kappa shape index (κ1) is 15.1. The molecule has 1 heterocycles. The van der Waals surface area contributed by atoms with E-state index in [1.54, 1.807) is 0 Å². The molecule has 0 saturated heterocycles. The van der Waals surface area contributed by atoms with Gasteiger partial charge in [-0.05, 0) is 30.2 Å². The van der Waals surface area contributed by atoms with Crippen molar-refractivity contribution < 1.29 is 9.59 Å². The van der Waals surface area contributed by atoms with Crippen molar-refractivity contribution in [1.82, 2.24) is 4.90 Å². The van der Waals surface area contributed by atoms with E-state index in [0.717, 1.165) is 16.7 Å². The SMILES string of the molecule is Cc1ccc(NC(=O)N2Cc3ccccc3C[C@H]2C(N)=O)cc1. The fourth-order valence-electron chi connectivity index (χ4n) is 2.82. The molecule has 118 valence electrons. The molecule has 23 heavy (non-hydrogen) atoms. The summed E-state index contributed by atoms with van der Waals surface area (Å²) in [5, 5.41) is 2.83. The molecule has 0 radical (unpaired) electrons. The molecule has 3 N–H and O–H groups in total. The lowest BCUT2D eigenvalue weighted by atomic mass is 9.94. The molecule has 2 aromatic carbocycles. The highest BCUT2D eigenvalue weighted by Crippen LogP contribution is 2.24. The van der Waals surface area contributed by atoms with Crippen molar-refractivity contribution in [3.63, 3.8) is 0 Å². The van der Waals surface area contributed by atoms with Crippen LogP contribution in [0.4, 0.5) is 10.5 Å². The first-order valence-corrected chi connectivity index (χ1v) is 7.55. The van der Waals surface area contributed by atoms with Gasteiger partial charge in [-0.2, -0.15) is 0 Å². The van der Waals surface area contributed by atoms with Crippen LogP contribution in [0.5, 0.6) is 0 Å². The summed E-state index contributed by atoms with van der Waals surface area (Å²) in [6.07, 6.45) is 0.451. The van der Waals surface area contributed by atoms with E-state index in [0.29, 0.717) is 18.7 Å². The molecule has 0 saturated carbocycles. The van der Waals surface area contributed by atoms with E-state index in [1.165, 1.54) is 4.90 Å². The van der Waals surface area contributed by atoms with Gasteiger partial charge >= 0.3 is 6.03 Å². The van der Waals surface area contributed by atoms with Gasteiger partial charge in [0.25, 0.3) is 0 Å². The van der Waals surface area contributed by atoms with Crippen molar-refractivity contribution in [2.45, 2.75) is 25.9 Å². The van der Waals surface area contributed by atoms with Gasteiger partial charge in [-0.25, -0.2) is 4.79 Å². The van der Waals surface area contributed by atoms with Crippen LogP contribution >= 0.6 is 0 Å². The minimum Gasteiger partial charge on any atom is -0.368 e. The molecular weight excluding hydrogens is 290 g/mol. The van der Waals surface area contributed by atoms with Gasteiger partial charge in [-0.15, -0.1) is 0 Å². The fourth-order valence-corrected chi connectivity index (χ4v) is 2.82. The molecule has 0 aliphatic carbocycles. The van der Waals surface area contributed by atoms with E-state index in [2.05, 4.69) is 5.32 Å². The number of anilines is 1. The van der Waals surface area contributed by atoms with E-state index in [4.69, 9.17) is 5.73 Å². The van der Waals surface area contributed by atoms with Crippen LogP contribution in [0.1, 0.15) is 16.7 Å². The van der Waals surface area contributed by atoms with Gasteiger partial charge < -0.3 is 16.0 Å². The largest absolute Gasteiger partial charge is 0.368 e. The summed E-state index contributed by atoms with van der Waals surface area (Å²) >= 11 is 0. The average Bonchev–Trinajstić information content (AvgIpc) is 2.55. The molecule has 0 aromatic heterocycles. The number of hydrogen-bond acceptors (Lipinski definition) is 2. The molecule has 5 heteroatoms. The summed E-state index contributed by atoms with van der Waals surface area (Å²) in [6.45, 7) is 2.36. The van der Waals surface area contributed by atoms with Crippen molar-refractivity contribution in [2.75, 3.05) is 5.32 Å². The second kappa shape index (κ2) is 6.12. The van der Waals surface area contributed by atoms with Gasteiger partial charge in [0, 0.05) is 18.7 Å². The number of nitrogens with two attached hydrogens (primary N) is 1. The number of urea groups is 1. The maximum absolute atomic E-state index is 12.6. The Labute approximate surface area is 135 Å². The Morgan fingerprint density at radius 3 is 2.39 bits per heavy atom. The molecular formula is C18H19N3O2. The van der Waals surface area contributed by atoms with E-state index in [-0.39, 0.29) is 6.03 Å². The number of rotatable bonds is 2. The summed E-state index contributed by atoms with van der Waals surface area (Å²) in [5.74, 6) is -0.487. The zero-order valence-electron chi connectivity index (χ0n) is 13.0. The highest BCUT2D eigenvalue weighted by Gasteiger charge is 2.33. The Bertz CT molecular complexity index is 740. The minimum absolute atomic E-state index is 0.313. The zero-order valence-corrected chi connectivity index (χ0v) is 13.0. The normalized spacial score (nSPS) is 16.6. The van der Waals surface area contributed by atoms with Gasteiger partial charge in [-0.3, -0.25) is 4.79 Å². The van der Waals surface area contributed by atoms with Crippen molar-refractivity contribution >= 4 is 17.6 Å². The first-order chi connectivity index (χ1) is 11.0. The number of amides is 3. The molecule has 2 aromatic rings. The molecule has 0 fully saturated rings. The van der Waals surface area contributed by atoms with E-state index < -0.39 is 11.9 Å². The van der Waals surface area contributed by atoms with Gasteiger partial charge in [0.15, 0.2) is 0 Å². The molecule has 5 nitrogen and oxygen atoms in total. The number of nitrogens with zero attached hydrogens (tertiary/aromatic N) is 1. The number of benzene rings is 2. The van der Waals surface area contributed by atoms with Crippen LogP contribution in [0.2, 0.25) is 0 Å². The number of aryl methyl sites for hydroxylation is 1.